The second-order valence-corrected chi connectivity index (χ2v) is 4.17. The van der Waals surface area contributed by atoms with Crippen molar-refractivity contribution in [1.29, 1.82) is 0 Å². The second-order valence-electron chi connectivity index (χ2n) is 4.17. The Morgan fingerprint density at radius 1 is 1.53 bits per heavy atom. The summed E-state index contributed by atoms with van der Waals surface area (Å²) in [5, 5.41) is 8.80. The van der Waals surface area contributed by atoms with E-state index >= 15 is 0 Å². The molecule has 92 valence electrons. The van der Waals surface area contributed by atoms with E-state index in [1.165, 1.54) is 6.92 Å². The lowest BCUT2D eigenvalue weighted by molar-refractivity contribution is -0.141. The van der Waals surface area contributed by atoms with Crippen LogP contribution in [0.25, 0.3) is 0 Å². The van der Waals surface area contributed by atoms with Gasteiger partial charge in [-0.15, -0.1) is 0 Å². The highest BCUT2D eigenvalue weighted by atomic mass is 19.1. The predicted molar refractivity (Wildman–Crippen MR) is 56.1 cm³/mol. The normalized spacial score (nSPS) is 15.2. The van der Waals surface area contributed by atoms with Gasteiger partial charge in [0.05, 0.1) is 12.5 Å². The van der Waals surface area contributed by atoms with Gasteiger partial charge in [0, 0.05) is 23.6 Å². The lowest BCUT2D eigenvalue weighted by atomic mass is 9.97. The molecule has 0 saturated heterocycles. The molecular weight excluding hydrogens is 230 g/mol. The zero-order chi connectivity index (χ0) is 12.6. The van der Waals surface area contributed by atoms with Crippen LogP contribution in [0.5, 0.6) is 5.75 Å². The number of benzene rings is 1. The summed E-state index contributed by atoms with van der Waals surface area (Å²) in [6, 6.07) is 0.803. The largest absolute Gasteiger partial charge is 0.492 e. The van der Waals surface area contributed by atoms with Crippen molar-refractivity contribution in [3.05, 3.63) is 28.8 Å². The fourth-order valence-electron chi connectivity index (χ4n) is 1.93. The molecule has 0 saturated carbocycles. The Labute approximate surface area is 97.0 Å². The van der Waals surface area contributed by atoms with Crippen LogP contribution in [0.3, 0.4) is 0 Å². The summed E-state index contributed by atoms with van der Waals surface area (Å²) in [7, 11) is 0. The molecule has 17 heavy (non-hydrogen) atoms. The van der Waals surface area contributed by atoms with Gasteiger partial charge in [-0.25, -0.2) is 8.78 Å². The van der Waals surface area contributed by atoms with Crippen LogP contribution in [0.4, 0.5) is 8.78 Å². The Hall–Kier alpha value is -1.65. The monoisotopic (exact) mass is 242 g/mol. The van der Waals surface area contributed by atoms with Gasteiger partial charge < -0.3 is 9.84 Å². The van der Waals surface area contributed by atoms with Crippen LogP contribution in [0.15, 0.2) is 6.07 Å². The minimum Gasteiger partial charge on any atom is -0.492 e. The molecule has 0 aliphatic carbocycles. The zero-order valence-electron chi connectivity index (χ0n) is 9.30. The number of halogens is 2. The number of carboxylic acid groups (broad SMARTS) is 1. The zero-order valence-corrected chi connectivity index (χ0v) is 9.30. The minimum atomic E-state index is -1.01. The molecule has 1 N–H and O–H groups in total. The Bertz CT molecular complexity index is 471. The Morgan fingerprint density at radius 3 is 2.88 bits per heavy atom. The smallest absolute Gasteiger partial charge is 0.306 e. The number of carbonyl (C=O) groups is 1. The van der Waals surface area contributed by atoms with Gasteiger partial charge >= 0.3 is 5.97 Å². The average molecular weight is 242 g/mol. The predicted octanol–water partition coefficient (Wildman–Crippen LogP) is 2.16. The van der Waals surface area contributed by atoms with Crippen molar-refractivity contribution < 1.29 is 23.4 Å². The van der Waals surface area contributed by atoms with Crippen molar-refractivity contribution in [3.63, 3.8) is 0 Å². The van der Waals surface area contributed by atoms with E-state index in [0.29, 0.717) is 18.6 Å². The molecule has 1 aliphatic heterocycles. The van der Waals surface area contributed by atoms with Gasteiger partial charge in [-0.2, -0.15) is 0 Å². The van der Waals surface area contributed by atoms with Gasteiger partial charge in [-0.1, -0.05) is 6.92 Å². The van der Waals surface area contributed by atoms with Crippen molar-refractivity contribution >= 4 is 5.97 Å². The van der Waals surface area contributed by atoms with Crippen LogP contribution < -0.4 is 4.74 Å². The van der Waals surface area contributed by atoms with E-state index in [2.05, 4.69) is 0 Å². The van der Waals surface area contributed by atoms with E-state index in [1.54, 1.807) is 0 Å². The van der Waals surface area contributed by atoms with Gasteiger partial charge in [0.2, 0.25) is 0 Å². The SMILES string of the molecule is CC(Cc1c(F)cc(F)c2c1OCC2)C(=O)O. The summed E-state index contributed by atoms with van der Waals surface area (Å²) in [4.78, 5) is 10.7. The number of ether oxygens (including phenoxy) is 1. The molecule has 0 aromatic heterocycles. The number of aliphatic carboxylic acids is 1. The van der Waals surface area contributed by atoms with E-state index in [9.17, 15) is 13.6 Å². The molecule has 1 atom stereocenters. The fraction of sp³-hybridized carbons (Fsp3) is 0.417. The minimum absolute atomic E-state index is 0.00375. The third-order valence-electron chi connectivity index (χ3n) is 2.91. The Morgan fingerprint density at radius 2 is 2.24 bits per heavy atom. The summed E-state index contributed by atoms with van der Waals surface area (Å²) in [5.41, 5.74) is 0.507. The van der Waals surface area contributed by atoms with Crippen LogP contribution in [0, 0.1) is 17.6 Å². The summed E-state index contributed by atoms with van der Waals surface area (Å²) in [6.07, 6.45) is 0.402. The third-order valence-corrected chi connectivity index (χ3v) is 2.91. The molecule has 1 aromatic carbocycles. The van der Waals surface area contributed by atoms with Crippen LogP contribution >= 0.6 is 0 Å². The van der Waals surface area contributed by atoms with Gasteiger partial charge in [0.25, 0.3) is 0 Å². The van der Waals surface area contributed by atoms with Crippen molar-refractivity contribution in [2.45, 2.75) is 19.8 Å². The second kappa shape index (κ2) is 4.31. The lowest BCUT2D eigenvalue weighted by Gasteiger charge is -2.12. The number of hydrogen-bond acceptors (Lipinski definition) is 2. The molecule has 0 bridgehead atoms. The number of hydrogen-bond donors (Lipinski definition) is 1. The van der Waals surface area contributed by atoms with E-state index in [1.807, 2.05) is 0 Å². The molecule has 0 fully saturated rings. The molecule has 0 radical (unpaired) electrons. The molecule has 0 amide bonds. The first kappa shape index (κ1) is 11.8. The highest BCUT2D eigenvalue weighted by molar-refractivity contribution is 5.70. The lowest BCUT2D eigenvalue weighted by Crippen LogP contribution is -2.14. The standard InChI is InChI=1S/C12H12F2O3/c1-6(12(15)16)4-8-10(14)5-9(13)7-2-3-17-11(7)8/h5-6H,2-4H2,1H3,(H,15,16). The maximum absolute atomic E-state index is 13.6. The van der Waals surface area contributed by atoms with Gasteiger partial charge in [-0.3, -0.25) is 4.79 Å². The molecule has 1 unspecified atom stereocenters. The van der Waals surface area contributed by atoms with E-state index < -0.39 is 23.5 Å². The Balaban J connectivity index is 2.40. The highest BCUT2D eigenvalue weighted by Crippen LogP contribution is 2.35. The van der Waals surface area contributed by atoms with Crippen LogP contribution in [0.1, 0.15) is 18.1 Å². The topological polar surface area (TPSA) is 46.5 Å². The van der Waals surface area contributed by atoms with E-state index in [4.69, 9.17) is 9.84 Å². The Kier molecular flexibility index (Phi) is 3.00. The first-order valence-electron chi connectivity index (χ1n) is 5.36. The van der Waals surface area contributed by atoms with Crippen molar-refractivity contribution in [2.75, 3.05) is 6.61 Å². The molecule has 3 nitrogen and oxygen atoms in total. The quantitative estimate of drug-likeness (QED) is 0.883. The van der Waals surface area contributed by atoms with Crippen molar-refractivity contribution in [2.24, 2.45) is 5.92 Å². The first-order valence-corrected chi connectivity index (χ1v) is 5.36. The van der Waals surface area contributed by atoms with Crippen molar-refractivity contribution in [1.82, 2.24) is 0 Å². The summed E-state index contributed by atoms with van der Waals surface area (Å²) < 4.78 is 32.2. The van der Waals surface area contributed by atoms with E-state index in [0.717, 1.165) is 6.07 Å². The molecule has 1 aliphatic rings. The third kappa shape index (κ3) is 2.09. The first-order chi connectivity index (χ1) is 8.00. The van der Waals surface area contributed by atoms with Gasteiger partial charge in [0.1, 0.15) is 17.4 Å². The molecule has 1 heterocycles. The molecular formula is C12H12F2O3. The van der Waals surface area contributed by atoms with Crippen LogP contribution in [0.2, 0.25) is 0 Å². The van der Waals surface area contributed by atoms with Gasteiger partial charge in [-0.05, 0) is 6.42 Å². The molecule has 5 heteroatoms. The molecule has 2 rings (SSSR count). The highest BCUT2D eigenvalue weighted by Gasteiger charge is 2.26. The maximum atomic E-state index is 13.6. The number of fused-ring (bicyclic) bond motifs is 1. The summed E-state index contributed by atoms with van der Waals surface area (Å²) in [5.74, 6) is -2.92. The van der Waals surface area contributed by atoms with Crippen molar-refractivity contribution in [3.8, 4) is 5.75 Å². The van der Waals surface area contributed by atoms with Gasteiger partial charge in [0.15, 0.2) is 0 Å². The number of carboxylic acids is 1. The summed E-state index contributed by atoms with van der Waals surface area (Å²) >= 11 is 0. The summed E-state index contributed by atoms with van der Waals surface area (Å²) in [6.45, 7) is 1.79. The van der Waals surface area contributed by atoms with Crippen LogP contribution in [-0.2, 0) is 17.6 Å². The number of rotatable bonds is 3. The van der Waals surface area contributed by atoms with E-state index in [-0.39, 0.29) is 17.7 Å². The fourth-order valence-corrected chi connectivity index (χ4v) is 1.93. The molecule has 0 spiro atoms. The maximum Gasteiger partial charge on any atom is 0.306 e. The van der Waals surface area contributed by atoms with Crippen LogP contribution in [-0.4, -0.2) is 17.7 Å². The molecule has 1 aromatic rings. The average Bonchev–Trinajstić information content (AvgIpc) is 2.72.